The van der Waals surface area contributed by atoms with Crippen molar-refractivity contribution in [1.29, 1.82) is 0 Å². The van der Waals surface area contributed by atoms with Gasteiger partial charge in [-0.15, -0.1) is 0 Å². The Morgan fingerprint density at radius 3 is 1.26 bits per heavy atom. The van der Waals surface area contributed by atoms with E-state index in [2.05, 4.69) is 62.5 Å². The van der Waals surface area contributed by atoms with Crippen molar-refractivity contribution in [1.82, 2.24) is 0 Å². The summed E-state index contributed by atoms with van der Waals surface area (Å²) < 4.78 is 33.7. The Balaban J connectivity index is 1.76. The van der Waals surface area contributed by atoms with Crippen LogP contribution in [-0.4, -0.2) is 142 Å². The fraction of sp³-hybridized carbons (Fsp3) is 0.831. The lowest BCUT2D eigenvalue weighted by atomic mass is 9.98. The highest BCUT2D eigenvalue weighted by atomic mass is 16.7. The SMILES string of the molecule is CCCCC/C=C\C/C=C\CCCCCCCCCCCC(=O)OCC(COC1OC(COC2OC(CO)C(O)C(O)C2O)C(O)C(O)C1O)OC(=O)CCCCCCCCCCC/C=C\C/C=C\CCCCC. The maximum Gasteiger partial charge on any atom is 0.306 e. The van der Waals surface area contributed by atoms with E-state index in [0.717, 1.165) is 70.6 Å². The monoisotopic (exact) mass is 1050 g/mol. The molecule has 74 heavy (non-hydrogen) atoms. The molecule has 0 aliphatic carbocycles. The van der Waals surface area contributed by atoms with E-state index in [0.29, 0.717) is 12.8 Å². The topological polar surface area (TPSA) is 231 Å². The lowest BCUT2D eigenvalue weighted by molar-refractivity contribution is -0.332. The Bertz CT molecular complexity index is 1470. The van der Waals surface area contributed by atoms with E-state index in [4.69, 9.17) is 28.4 Å². The van der Waals surface area contributed by atoms with E-state index in [-0.39, 0.29) is 26.1 Å². The second kappa shape index (κ2) is 45.5. The van der Waals surface area contributed by atoms with Crippen molar-refractivity contribution in [3.05, 3.63) is 48.6 Å². The highest BCUT2D eigenvalue weighted by Crippen LogP contribution is 2.27. The van der Waals surface area contributed by atoms with E-state index in [1.807, 2.05) is 0 Å². The Labute approximate surface area is 446 Å². The highest BCUT2D eigenvalue weighted by Gasteiger charge is 2.47. The number of hydrogen-bond donors (Lipinski definition) is 7. The quantitative estimate of drug-likeness (QED) is 0.0171. The van der Waals surface area contributed by atoms with Crippen LogP contribution in [0.3, 0.4) is 0 Å². The lowest BCUT2D eigenvalue weighted by Crippen LogP contribution is -2.61. The van der Waals surface area contributed by atoms with Crippen LogP contribution in [0, 0.1) is 0 Å². The summed E-state index contributed by atoms with van der Waals surface area (Å²) in [5.74, 6) is -0.930. The van der Waals surface area contributed by atoms with Crippen LogP contribution >= 0.6 is 0 Å². The normalized spacial score (nSPS) is 25.0. The summed E-state index contributed by atoms with van der Waals surface area (Å²) in [6.45, 7) is 2.56. The number of aliphatic hydroxyl groups excluding tert-OH is 7. The van der Waals surface area contributed by atoms with Crippen LogP contribution in [0.25, 0.3) is 0 Å². The number of unbranched alkanes of at least 4 members (excludes halogenated alkanes) is 24. The summed E-state index contributed by atoms with van der Waals surface area (Å²) in [6, 6.07) is 0. The van der Waals surface area contributed by atoms with Crippen LogP contribution in [0.15, 0.2) is 48.6 Å². The largest absolute Gasteiger partial charge is 0.462 e. The van der Waals surface area contributed by atoms with Crippen molar-refractivity contribution in [3.8, 4) is 0 Å². The van der Waals surface area contributed by atoms with Crippen molar-refractivity contribution in [2.24, 2.45) is 0 Å². The lowest BCUT2D eigenvalue weighted by Gasteiger charge is -2.42. The standard InChI is InChI=1S/C59H104O15/c1-3-5-7-9-11-13-15-17-19-21-23-25-27-29-31-33-35-37-39-41-50(61)69-44-47(72-51(62)42-40-38-36-34-32-30-28-26-24-22-20-18-16-14-12-10-8-6-4-2)45-70-58-57(68)55(66)53(64)49(74-58)46-71-59-56(67)54(65)52(63)48(43-60)73-59/h11-14,17-20,47-49,52-60,63-68H,3-10,15-16,21-46H2,1-2H3/b13-11-,14-12-,19-17-,20-18-. The molecule has 15 heteroatoms. The molecule has 2 heterocycles. The molecule has 2 aliphatic heterocycles. The number of hydrogen-bond acceptors (Lipinski definition) is 15. The zero-order valence-electron chi connectivity index (χ0n) is 45.8. The molecular weight excluding hydrogens is 949 g/mol. The van der Waals surface area contributed by atoms with E-state index in [9.17, 15) is 45.3 Å². The Hall–Kier alpha value is -2.54. The number of allylic oxidation sites excluding steroid dienone is 8. The molecule has 0 spiro atoms. The molecular formula is C59H104O15. The van der Waals surface area contributed by atoms with Gasteiger partial charge in [0.1, 0.15) is 55.4 Å². The minimum absolute atomic E-state index is 0.159. The van der Waals surface area contributed by atoms with Gasteiger partial charge in [-0.25, -0.2) is 0 Å². The maximum absolute atomic E-state index is 13.1. The molecule has 0 aromatic rings. The molecule has 2 saturated heterocycles. The third-order valence-corrected chi connectivity index (χ3v) is 13.8. The van der Waals surface area contributed by atoms with Crippen molar-refractivity contribution in [2.75, 3.05) is 26.4 Å². The van der Waals surface area contributed by atoms with Gasteiger partial charge in [0, 0.05) is 12.8 Å². The molecule has 11 atom stereocenters. The summed E-state index contributed by atoms with van der Waals surface area (Å²) in [7, 11) is 0. The molecule has 2 rings (SSSR count). The number of carbonyl (C=O) groups is 2. The predicted octanol–water partition coefficient (Wildman–Crippen LogP) is 9.83. The average Bonchev–Trinajstić information content (AvgIpc) is 3.39. The number of carbonyl (C=O) groups excluding carboxylic acids is 2. The smallest absolute Gasteiger partial charge is 0.306 e. The Kier molecular flexibility index (Phi) is 41.5. The Morgan fingerprint density at radius 2 is 0.811 bits per heavy atom. The molecule has 0 aromatic heterocycles. The fourth-order valence-electron chi connectivity index (χ4n) is 8.98. The fourth-order valence-corrected chi connectivity index (χ4v) is 8.98. The van der Waals surface area contributed by atoms with Crippen LogP contribution in [0.1, 0.15) is 219 Å². The number of ether oxygens (including phenoxy) is 6. The van der Waals surface area contributed by atoms with Crippen LogP contribution in [-0.2, 0) is 38.0 Å². The van der Waals surface area contributed by atoms with Crippen LogP contribution in [0.5, 0.6) is 0 Å². The van der Waals surface area contributed by atoms with Gasteiger partial charge in [0.2, 0.25) is 0 Å². The van der Waals surface area contributed by atoms with Crippen LogP contribution in [0.2, 0.25) is 0 Å². The predicted molar refractivity (Wildman–Crippen MR) is 289 cm³/mol. The van der Waals surface area contributed by atoms with Crippen molar-refractivity contribution in [2.45, 2.75) is 287 Å². The average molecular weight is 1050 g/mol. The van der Waals surface area contributed by atoms with Gasteiger partial charge in [-0.05, 0) is 77.0 Å². The first kappa shape index (κ1) is 67.6. The van der Waals surface area contributed by atoms with Gasteiger partial charge in [-0.1, -0.05) is 178 Å². The second-order valence-corrected chi connectivity index (χ2v) is 20.5. The van der Waals surface area contributed by atoms with Gasteiger partial charge in [0.05, 0.1) is 19.8 Å². The van der Waals surface area contributed by atoms with Crippen LogP contribution in [0.4, 0.5) is 0 Å². The molecule has 7 N–H and O–H groups in total. The molecule has 2 fully saturated rings. The van der Waals surface area contributed by atoms with Crippen molar-refractivity contribution >= 4 is 11.9 Å². The molecule has 0 saturated carbocycles. The van der Waals surface area contributed by atoms with Gasteiger partial charge in [0.25, 0.3) is 0 Å². The summed E-state index contributed by atoms with van der Waals surface area (Å²) in [5, 5.41) is 72.3. The minimum Gasteiger partial charge on any atom is -0.462 e. The number of aliphatic hydroxyl groups is 7. The van der Waals surface area contributed by atoms with E-state index >= 15 is 0 Å². The summed E-state index contributed by atoms with van der Waals surface area (Å²) in [6.07, 6.45) is 35.5. The summed E-state index contributed by atoms with van der Waals surface area (Å²) in [4.78, 5) is 25.9. The van der Waals surface area contributed by atoms with Crippen molar-refractivity contribution < 1.29 is 73.8 Å². The van der Waals surface area contributed by atoms with Gasteiger partial charge < -0.3 is 64.2 Å². The first-order chi connectivity index (χ1) is 36.0. The summed E-state index contributed by atoms with van der Waals surface area (Å²) >= 11 is 0. The third-order valence-electron chi connectivity index (χ3n) is 13.8. The number of esters is 2. The molecule has 2 aliphatic rings. The van der Waals surface area contributed by atoms with Gasteiger partial charge >= 0.3 is 11.9 Å². The zero-order valence-corrected chi connectivity index (χ0v) is 45.8. The molecule has 430 valence electrons. The molecule has 0 aromatic carbocycles. The first-order valence-corrected chi connectivity index (χ1v) is 29.2. The molecule has 0 radical (unpaired) electrons. The van der Waals surface area contributed by atoms with E-state index in [1.165, 1.54) is 109 Å². The molecule has 0 bridgehead atoms. The molecule has 15 nitrogen and oxygen atoms in total. The van der Waals surface area contributed by atoms with E-state index < -0.39 is 92.7 Å². The first-order valence-electron chi connectivity index (χ1n) is 29.2. The van der Waals surface area contributed by atoms with Gasteiger partial charge in [0.15, 0.2) is 18.7 Å². The van der Waals surface area contributed by atoms with E-state index in [1.54, 1.807) is 0 Å². The minimum atomic E-state index is -1.77. The van der Waals surface area contributed by atoms with Crippen LogP contribution < -0.4 is 0 Å². The van der Waals surface area contributed by atoms with Crippen molar-refractivity contribution in [3.63, 3.8) is 0 Å². The Morgan fingerprint density at radius 1 is 0.432 bits per heavy atom. The molecule has 0 amide bonds. The third kappa shape index (κ3) is 32.3. The summed E-state index contributed by atoms with van der Waals surface area (Å²) in [5.41, 5.74) is 0. The van der Waals surface area contributed by atoms with Gasteiger partial charge in [-0.3, -0.25) is 9.59 Å². The number of rotatable bonds is 46. The highest BCUT2D eigenvalue weighted by molar-refractivity contribution is 5.70. The second-order valence-electron chi connectivity index (χ2n) is 20.5. The van der Waals surface area contributed by atoms with Gasteiger partial charge in [-0.2, -0.15) is 0 Å². The molecule has 11 unspecified atom stereocenters. The maximum atomic E-state index is 13.1. The zero-order chi connectivity index (χ0) is 53.9.